The number of aryl methyl sites for hydroxylation is 1. The molecule has 0 aromatic heterocycles. The van der Waals surface area contributed by atoms with E-state index in [0.29, 0.717) is 22.2 Å². The Labute approximate surface area is 105 Å². The van der Waals surface area contributed by atoms with E-state index in [1.165, 1.54) is 13.0 Å². The largest absolute Gasteiger partial charge is 0.398 e. The number of thioether (sulfide) groups is 1. The third-order valence-electron chi connectivity index (χ3n) is 1.80. The van der Waals surface area contributed by atoms with Gasteiger partial charge in [-0.3, -0.25) is 0 Å². The fourth-order valence-electron chi connectivity index (χ4n) is 1.09. The molecule has 0 N–H and O–H groups in total. The van der Waals surface area contributed by atoms with Crippen molar-refractivity contribution in [2.45, 2.75) is 18.0 Å². The zero-order valence-electron chi connectivity index (χ0n) is 8.64. The molecule has 0 amide bonds. The number of isothiocyanates is 1. The van der Waals surface area contributed by atoms with Gasteiger partial charge in [0.15, 0.2) is 0 Å². The fourth-order valence-corrected chi connectivity index (χ4v) is 1.99. The summed E-state index contributed by atoms with van der Waals surface area (Å²) < 4.78 is 49.4. The van der Waals surface area contributed by atoms with E-state index in [4.69, 9.17) is 0 Å². The van der Waals surface area contributed by atoms with Crippen LogP contribution in [0.5, 0.6) is 0 Å². The highest BCUT2D eigenvalue weighted by molar-refractivity contribution is 7.99. The molecule has 1 aromatic carbocycles. The van der Waals surface area contributed by atoms with Gasteiger partial charge < -0.3 is 0 Å². The minimum atomic E-state index is -4.26. The van der Waals surface area contributed by atoms with Crippen molar-refractivity contribution in [1.82, 2.24) is 0 Å². The van der Waals surface area contributed by atoms with E-state index in [2.05, 4.69) is 17.2 Å². The Balaban J connectivity index is 2.99. The molecule has 7 heteroatoms. The maximum absolute atomic E-state index is 13.3. The predicted molar refractivity (Wildman–Crippen MR) is 62.6 cm³/mol. The lowest BCUT2D eigenvalue weighted by Gasteiger charge is -2.09. The smallest absolute Gasteiger partial charge is 0.205 e. The molecule has 0 heterocycles. The first kappa shape index (κ1) is 14.2. The summed E-state index contributed by atoms with van der Waals surface area (Å²) in [5.41, 5.74) is 0.329. The van der Waals surface area contributed by atoms with Gasteiger partial charge in [-0.25, -0.2) is 4.39 Å². The molecule has 0 saturated heterocycles. The van der Waals surface area contributed by atoms with E-state index in [9.17, 15) is 17.6 Å². The van der Waals surface area contributed by atoms with Gasteiger partial charge in [0.2, 0.25) is 0 Å². The minimum Gasteiger partial charge on any atom is -0.205 e. The minimum absolute atomic E-state index is 0.102. The van der Waals surface area contributed by atoms with Crippen molar-refractivity contribution in [2.75, 3.05) is 5.75 Å². The summed E-state index contributed by atoms with van der Waals surface area (Å²) in [4.78, 5) is 3.77. The van der Waals surface area contributed by atoms with Gasteiger partial charge in [-0.15, -0.1) is 11.8 Å². The SMILES string of the molecule is Cc1cc(F)c(N=C=S)cc1SCC(F)(F)F. The van der Waals surface area contributed by atoms with E-state index in [1.807, 2.05) is 5.16 Å². The van der Waals surface area contributed by atoms with Gasteiger partial charge in [0.25, 0.3) is 0 Å². The summed E-state index contributed by atoms with van der Waals surface area (Å²) in [6, 6.07) is 2.37. The molecule has 0 aliphatic heterocycles. The Kier molecular flexibility index (Phi) is 4.68. The van der Waals surface area contributed by atoms with Crippen molar-refractivity contribution in [2.24, 2.45) is 4.99 Å². The van der Waals surface area contributed by atoms with Gasteiger partial charge in [-0.2, -0.15) is 18.2 Å². The van der Waals surface area contributed by atoms with E-state index < -0.39 is 17.7 Å². The average Bonchev–Trinajstić information content (AvgIpc) is 2.19. The topological polar surface area (TPSA) is 12.4 Å². The molecule has 1 rings (SSSR count). The van der Waals surface area contributed by atoms with Crippen LogP contribution in [0.15, 0.2) is 22.0 Å². The highest BCUT2D eigenvalue weighted by atomic mass is 32.2. The van der Waals surface area contributed by atoms with Gasteiger partial charge in [0.1, 0.15) is 11.5 Å². The van der Waals surface area contributed by atoms with Crippen LogP contribution in [-0.2, 0) is 0 Å². The summed E-state index contributed by atoms with van der Waals surface area (Å²) in [6.07, 6.45) is -4.26. The molecule has 0 atom stereocenters. The number of alkyl halides is 3. The molecule has 1 nitrogen and oxygen atoms in total. The third kappa shape index (κ3) is 4.46. The molecule has 0 spiro atoms. The van der Waals surface area contributed by atoms with Crippen molar-refractivity contribution >= 4 is 34.8 Å². The Morgan fingerprint density at radius 3 is 2.59 bits per heavy atom. The van der Waals surface area contributed by atoms with E-state index in [1.54, 1.807) is 0 Å². The zero-order valence-corrected chi connectivity index (χ0v) is 10.3. The molecule has 17 heavy (non-hydrogen) atoms. The maximum atomic E-state index is 13.3. The summed E-state index contributed by atoms with van der Waals surface area (Å²) in [5.74, 6) is -1.66. The van der Waals surface area contributed by atoms with Crippen LogP contribution in [0.1, 0.15) is 5.56 Å². The quantitative estimate of drug-likeness (QED) is 0.349. The summed E-state index contributed by atoms with van der Waals surface area (Å²) in [6.45, 7) is 1.53. The zero-order chi connectivity index (χ0) is 13.1. The summed E-state index contributed by atoms with van der Waals surface area (Å²) in [7, 11) is 0. The second kappa shape index (κ2) is 5.62. The number of hydrogen-bond donors (Lipinski definition) is 0. The van der Waals surface area contributed by atoms with E-state index >= 15 is 0 Å². The lowest BCUT2D eigenvalue weighted by Crippen LogP contribution is -2.10. The highest BCUT2D eigenvalue weighted by Gasteiger charge is 2.27. The Hall–Kier alpha value is -0.910. The number of rotatable bonds is 3. The Bertz CT molecular complexity index is 464. The van der Waals surface area contributed by atoms with Crippen molar-refractivity contribution in [3.8, 4) is 0 Å². The normalized spacial score (nSPS) is 11.1. The molecule has 0 aliphatic rings. The Morgan fingerprint density at radius 1 is 1.41 bits per heavy atom. The number of thiocarbonyl (C=S) groups is 1. The monoisotopic (exact) mass is 281 g/mol. The molecule has 0 aliphatic carbocycles. The maximum Gasteiger partial charge on any atom is 0.398 e. The molecule has 92 valence electrons. The van der Waals surface area contributed by atoms with Crippen molar-refractivity contribution in [3.05, 3.63) is 23.5 Å². The Morgan fingerprint density at radius 2 is 2.06 bits per heavy atom. The first-order chi connectivity index (χ1) is 7.83. The first-order valence-corrected chi connectivity index (χ1v) is 5.80. The van der Waals surface area contributed by atoms with Gasteiger partial charge >= 0.3 is 6.18 Å². The average molecular weight is 281 g/mol. The van der Waals surface area contributed by atoms with Crippen LogP contribution in [0.3, 0.4) is 0 Å². The lowest BCUT2D eigenvalue weighted by molar-refractivity contribution is -0.105. The van der Waals surface area contributed by atoms with Crippen LogP contribution in [-0.4, -0.2) is 17.1 Å². The standard InChI is InChI=1S/C10H7F4NS2/c1-6-2-7(11)8(15-5-16)3-9(6)17-4-10(12,13)14/h2-3H,4H2,1H3. The van der Waals surface area contributed by atoms with Crippen LogP contribution in [0.25, 0.3) is 0 Å². The van der Waals surface area contributed by atoms with Crippen molar-refractivity contribution in [1.29, 1.82) is 0 Å². The first-order valence-electron chi connectivity index (χ1n) is 4.41. The molecule has 1 aromatic rings. The van der Waals surface area contributed by atoms with E-state index in [0.717, 1.165) is 6.07 Å². The summed E-state index contributed by atoms with van der Waals surface area (Å²) in [5, 5.41) is 1.98. The van der Waals surface area contributed by atoms with Crippen LogP contribution in [0, 0.1) is 12.7 Å². The van der Waals surface area contributed by atoms with E-state index in [-0.39, 0.29) is 5.69 Å². The highest BCUT2D eigenvalue weighted by Crippen LogP contribution is 2.33. The second-order valence-electron chi connectivity index (χ2n) is 3.18. The molecular weight excluding hydrogens is 274 g/mol. The van der Waals surface area contributed by atoms with Gasteiger partial charge in [0, 0.05) is 4.90 Å². The van der Waals surface area contributed by atoms with Crippen molar-refractivity contribution < 1.29 is 17.6 Å². The number of nitrogens with zero attached hydrogens (tertiary/aromatic N) is 1. The van der Waals surface area contributed by atoms with Gasteiger partial charge in [-0.1, -0.05) is 0 Å². The molecular formula is C10H7F4NS2. The number of halogens is 4. The van der Waals surface area contributed by atoms with Crippen LogP contribution < -0.4 is 0 Å². The molecule has 0 fully saturated rings. The number of benzene rings is 1. The molecule has 0 bridgehead atoms. The molecule has 0 unspecified atom stereocenters. The fraction of sp³-hybridized carbons (Fsp3) is 0.300. The molecule has 0 radical (unpaired) electrons. The van der Waals surface area contributed by atoms with Gasteiger partial charge in [0.05, 0.1) is 10.9 Å². The van der Waals surface area contributed by atoms with Gasteiger partial charge in [-0.05, 0) is 36.8 Å². The molecule has 0 saturated carbocycles. The lowest BCUT2D eigenvalue weighted by atomic mass is 10.2. The summed E-state index contributed by atoms with van der Waals surface area (Å²) >= 11 is 4.91. The van der Waals surface area contributed by atoms with Crippen LogP contribution >= 0.6 is 24.0 Å². The van der Waals surface area contributed by atoms with Crippen LogP contribution in [0.4, 0.5) is 23.2 Å². The van der Waals surface area contributed by atoms with Crippen LogP contribution in [0.2, 0.25) is 0 Å². The predicted octanol–water partition coefficient (Wildman–Crippen LogP) is 4.52. The second-order valence-corrected chi connectivity index (χ2v) is 4.38. The third-order valence-corrected chi connectivity index (χ3v) is 3.12. The number of hydrogen-bond acceptors (Lipinski definition) is 3. The van der Waals surface area contributed by atoms with Crippen molar-refractivity contribution in [3.63, 3.8) is 0 Å². The number of aliphatic imine (C=N–C) groups is 1.